The molecule has 1 aromatic heterocycles. The molecule has 2 nitrogen and oxygen atoms in total. The van der Waals surface area contributed by atoms with Gasteiger partial charge in [0.25, 0.3) is 0 Å². The van der Waals surface area contributed by atoms with Crippen LogP contribution in [0.25, 0.3) is 10.9 Å². The molecule has 0 amide bonds. The second kappa shape index (κ2) is 5.73. The van der Waals surface area contributed by atoms with Gasteiger partial charge in [0.05, 0.1) is 5.52 Å². The molecule has 3 rings (SSSR count). The molecule has 1 heterocycles. The highest BCUT2D eigenvalue weighted by Crippen LogP contribution is 2.21. The molecule has 100 valence electrons. The first-order valence-electron chi connectivity index (χ1n) is 6.57. The summed E-state index contributed by atoms with van der Waals surface area (Å²) in [5.41, 5.74) is 9.68. The van der Waals surface area contributed by atoms with Crippen LogP contribution in [0.2, 0.25) is 0 Å². The molecule has 0 radical (unpaired) electrons. The van der Waals surface area contributed by atoms with E-state index in [4.69, 9.17) is 5.73 Å². The van der Waals surface area contributed by atoms with Gasteiger partial charge in [-0.2, -0.15) is 0 Å². The van der Waals surface area contributed by atoms with E-state index in [9.17, 15) is 0 Å². The van der Waals surface area contributed by atoms with E-state index in [-0.39, 0.29) is 6.04 Å². The summed E-state index contributed by atoms with van der Waals surface area (Å²) < 4.78 is 1.09. The number of rotatable bonds is 3. The summed E-state index contributed by atoms with van der Waals surface area (Å²) in [7, 11) is 0. The molecular formula is C17H15BrN2. The van der Waals surface area contributed by atoms with Gasteiger partial charge in [-0.05, 0) is 41.8 Å². The van der Waals surface area contributed by atoms with Crippen LogP contribution in [0.5, 0.6) is 0 Å². The van der Waals surface area contributed by atoms with E-state index in [1.807, 2.05) is 24.4 Å². The van der Waals surface area contributed by atoms with Crippen molar-refractivity contribution >= 4 is 26.8 Å². The predicted molar refractivity (Wildman–Crippen MR) is 86.5 cm³/mol. The van der Waals surface area contributed by atoms with Crippen LogP contribution in [0.1, 0.15) is 17.2 Å². The molecule has 3 aromatic rings. The summed E-state index contributed by atoms with van der Waals surface area (Å²) in [6, 6.07) is 18.5. The SMILES string of the molecule is NC(Cc1ccc(Br)cc1)c1ccc2cccnc2c1. The minimum atomic E-state index is -0.0115. The largest absolute Gasteiger partial charge is 0.324 e. The molecule has 0 saturated heterocycles. The Morgan fingerprint density at radius 2 is 1.85 bits per heavy atom. The average Bonchev–Trinajstić information content (AvgIpc) is 2.49. The standard InChI is InChI=1S/C17H15BrN2/c18-15-7-3-12(4-8-15)10-16(19)14-6-5-13-2-1-9-20-17(13)11-14/h1-9,11,16H,10,19H2. The van der Waals surface area contributed by atoms with Crippen molar-refractivity contribution < 1.29 is 0 Å². The third kappa shape index (κ3) is 2.89. The Kier molecular flexibility index (Phi) is 3.81. The second-order valence-corrected chi connectivity index (χ2v) is 5.81. The molecule has 3 heteroatoms. The fraction of sp³-hybridized carbons (Fsp3) is 0.118. The van der Waals surface area contributed by atoms with E-state index in [0.717, 1.165) is 27.4 Å². The van der Waals surface area contributed by atoms with Gasteiger partial charge in [-0.3, -0.25) is 4.98 Å². The molecule has 0 aliphatic carbocycles. The number of benzene rings is 2. The van der Waals surface area contributed by atoms with E-state index in [0.29, 0.717) is 0 Å². The summed E-state index contributed by atoms with van der Waals surface area (Å²) >= 11 is 3.44. The van der Waals surface area contributed by atoms with Crippen molar-refractivity contribution in [3.05, 3.63) is 76.4 Å². The third-order valence-electron chi connectivity index (χ3n) is 3.43. The number of hydrogen-bond acceptors (Lipinski definition) is 2. The van der Waals surface area contributed by atoms with Gasteiger partial charge in [-0.1, -0.05) is 46.3 Å². The van der Waals surface area contributed by atoms with E-state index in [2.05, 4.69) is 57.3 Å². The molecule has 0 spiro atoms. The Hall–Kier alpha value is -1.71. The topological polar surface area (TPSA) is 38.9 Å². The van der Waals surface area contributed by atoms with Gasteiger partial charge in [-0.15, -0.1) is 0 Å². The lowest BCUT2D eigenvalue weighted by Gasteiger charge is -2.13. The summed E-state index contributed by atoms with van der Waals surface area (Å²) in [5, 5.41) is 1.15. The molecule has 0 bridgehead atoms. The van der Waals surface area contributed by atoms with Gasteiger partial charge in [0, 0.05) is 22.1 Å². The van der Waals surface area contributed by atoms with Crippen LogP contribution in [0.4, 0.5) is 0 Å². The zero-order chi connectivity index (χ0) is 13.9. The van der Waals surface area contributed by atoms with E-state index in [1.54, 1.807) is 0 Å². The molecular weight excluding hydrogens is 312 g/mol. The maximum atomic E-state index is 6.32. The zero-order valence-corrected chi connectivity index (χ0v) is 12.5. The van der Waals surface area contributed by atoms with E-state index in [1.165, 1.54) is 5.56 Å². The highest BCUT2D eigenvalue weighted by molar-refractivity contribution is 9.10. The Balaban J connectivity index is 1.84. The number of hydrogen-bond donors (Lipinski definition) is 1. The fourth-order valence-electron chi connectivity index (χ4n) is 2.31. The van der Waals surface area contributed by atoms with Gasteiger partial charge in [-0.25, -0.2) is 0 Å². The number of nitrogens with zero attached hydrogens (tertiary/aromatic N) is 1. The number of pyridine rings is 1. The molecule has 1 unspecified atom stereocenters. The quantitative estimate of drug-likeness (QED) is 0.781. The summed E-state index contributed by atoms with van der Waals surface area (Å²) in [5.74, 6) is 0. The fourth-order valence-corrected chi connectivity index (χ4v) is 2.57. The lowest BCUT2D eigenvalue weighted by Crippen LogP contribution is -2.13. The average molecular weight is 327 g/mol. The van der Waals surface area contributed by atoms with Crippen molar-refractivity contribution in [2.24, 2.45) is 5.73 Å². The van der Waals surface area contributed by atoms with E-state index >= 15 is 0 Å². The van der Waals surface area contributed by atoms with Gasteiger partial charge in [0.1, 0.15) is 0 Å². The van der Waals surface area contributed by atoms with Crippen molar-refractivity contribution in [2.75, 3.05) is 0 Å². The van der Waals surface area contributed by atoms with Crippen molar-refractivity contribution in [2.45, 2.75) is 12.5 Å². The first kappa shape index (κ1) is 13.3. The second-order valence-electron chi connectivity index (χ2n) is 4.89. The highest BCUT2D eigenvalue weighted by Gasteiger charge is 2.08. The Bertz CT molecular complexity index is 722. The first-order chi connectivity index (χ1) is 9.72. The molecule has 1 atom stereocenters. The third-order valence-corrected chi connectivity index (χ3v) is 3.96. The smallest absolute Gasteiger partial charge is 0.0705 e. The lowest BCUT2D eigenvalue weighted by atomic mass is 9.98. The van der Waals surface area contributed by atoms with Crippen LogP contribution in [0, 0.1) is 0 Å². The number of fused-ring (bicyclic) bond motifs is 1. The number of nitrogens with two attached hydrogens (primary N) is 1. The van der Waals surface area contributed by atoms with Crippen LogP contribution in [-0.4, -0.2) is 4.98 Å². The normalized spacial score (nSPS) is 12.5. The van der Waals surface area contributed by atoms with Crippen LogP contribution in [0.15, 0.2) is 65.3 Å². The van der Waals surface area contributed by atoms with Crippen molar-refractivity contribution in [1.29, 1.82) is 0 Å². The maximum absolute atomic E-state index is 6.32. The summed E-state index contributed by atoms with van der Waals surface area (Å²) in [6.07, 6.45) is 2.64. The maximum Gasteiger partial charge on any atom is 0.0705 e. The van der Waals surface area contributed by atoms with Crippen LogP contribution in [0.3, 0.4) is 0 Å². The molecule has 0 aliphatic rings. The van der Waals surface area contributed by atoms with Gasteiger partial charge in [0.2, 0.25) is 0 Å². The number of halogens is 1. The van der Waals surface area contributed by atoms with Crippen LogP contribution >= 0.6 is 15.9 Å². The molecule has 2 N–H and O–H groups in total. The lowest BCUT2D eigenvalue weighted by molar-refractivity contribution is 0.723. The van der Waals surface area contributed by atoms with Crippen molar-refractivity contribution in [3.63, 3.8) is 0 Å². The number of aromatic nitrogens is 1. The van der Waals surface area contributed by atoms with E-state index < -0.39 is 0 Å². The first-order valence-corrected chi connectivity index (χ1v) is 7.36. The van der Waals surface area contributed by atoms with Crippen LogP contribution in [-0.2, 0) is 6.42 Å². The Morgan fingerprint density at radius 1 is 1.05 bits per heavy atom. The van der Waals surface area contributed by atoms with Crippen LogP contribution < -0.4 is 5.73 Å². The Labute approximate surface area is 126 Å². The molecule has 20 heavy (non-hydrogen) atoms. The highest BCUT2D eigenvalue weighted by atomic mass is 79.9. The minimum Gasteiger partial charge on any atom is -0.324 e. The summed E-state index contributed by atoms with van der Waals surface area (Å²) in [4.78, 5) is 4.38. The summed E-state index contributed by atoms with van der Waals surface area (Å²) in [6.45, 7) is 0. The predicted octanol–water partition coefficient (Wildman–Crippen LogP) is 4.24. The van der Waals surface area contributed by atoms with Gasteiger partial charge >= 0.3 is 0 Å². The Morgan fingerprint density at radius 3 is 2.65 bits per heavy atom. The molecule has 0 aliphatic heterocycles. The zero-order valence-electron chi connectivity index (χ0n) is 11.0. The van der Waals surface area contributed by atoms with Crippen molar-refractivity contribution in [3.8, 4) is 0 Å². The monoisotopic (exact) mass is 326 g/mol. The molecule has 0 fully saturated rings. The van der Waals surface area contributed by atoms with Gasteiger partial charge < -0.3 is 5.73 Å². The van der Waals surface area contributed by atoms with Crippen molar-refractivity contribution in [1.82, 2.24) is 4.98 Å². The molecule has 2 aromatic carbocycles. The molecule has 0 saturated carbocycles. The minimum absolute atomic E-state index is 0.0115. The van der Waals surface area contributed by atoms with Gasteiger partial charge in [0.15, 0.2) is 0 Å².